The maximum atomic E-state index is 12.3. The number of thiophene rings is 1. The molecule has 1 N–H and O–H groups in total. The molecular formula is C15H21NO3S. The Balaban J connectivity index is 1.95. The summed E-state index contributed by atoms with van der Waals surface area (Å²) in [5.41, 5.74) is 0. The number of ether oxygens (including phenoxy) is 1. The normalized spacial score (nSPS) is 17.1. The minimum atomic E-state index is -0.717. The second-order valence-corrected chi connectivity index (χ2v) is 6.48. The third-order valence-electron chi connectivity index (χ3n) is 3.52. The largest absolute Gasteiger partial charge is 0.448 e. The highest BCUT2D eigenvalue weighted by Gasteiger charge is 2.29. The summed E-state index contributed by atoms with van der Waals surface area (Å²) in [5.74, 6) is -0.627. The molecule has 110 valence electrons. The van der Waals surface area contributed by atoms with E-state index < -0.39 is 12.1 Å². The van der Waals surface area contributed by atoms with E-state index in [1.54, 1.807) is 12.1 Å². The zero-order valence-corrected chi connectivity index (χ0v) is 12.7. The molecule has 1 saturated carbocycles. The van der Waals surface area contributed by atoms with Crippen molar-refractivity contribution < 1.29 is 14.3 Å². The predicted molar refractivity (Wildman–Crippen MR) is 78.8 cm³/mol. The van der Waals surface area contributed by atoms with Gasteiger partial charge in [0, 0.05) is 6.04 Å². The number of esters is 1. The van der Waals surface area contributed by atoms with Gasteiger partial charge in [0.2, 0.25) is 0 Å². The Hall–Kier alpha value is -1.36. The SMILES string of the molecule is CC(C)C(OC(=O)c1cccs1)C(=O)NC1CCCC1. The molecule has 1 amide bonds. The number of amides is 1. The molecule has 20 heavy (non-hydrogen) atoms. The molecule has 0 spiro atoms. The Morgan fingerprint density at radius 1 is 1.35 bits per heavy atom. The van der Waals surface area contributed by atoms with E-state index >= 15 is 0 Å². The van der Waals surface area contributed by atoms with Gasteiger partial charge in [-0.05, 0) is 30.2 Å². The van der Waals surface area contributed by atoms with Gasteiger partial charge in [0.1, 0.15) is 4.88 Å². The molecule has 0 saturated heterocycles. The van der Waals surface area contributed by atoms with Crippen LogP contribution in [0.4, 0.5) is 0 Å². The fourth-order valence-electron chi connectivity index (χ4n) is 2.41. The summed E-state index contributed by atoms with van der Waals surface area (Å²) in [4.78, 5) is 24.8. The molecule has 4 nitrogen and oxygen atoms in total. The number of nitrogens with one attached hydrogen (secondary N) is 1. The minimum Gasteiger partial charge on any atom is -0.448 e. The van der Waals surface area contributed by atoms with Crippen LogP contribution in [0.2, 0.25) is 0 Å². The van der Waals surface area contributed by atoms with Gasteiger partial charge >= 0.3 is 5.97 Å². The number of carbonyl (C=O) groups excluding carboxylic acids is 2. The molecule has 1 heterocycles. The Morgan fingerprint density at radius 3 is 2.60 bits per heavy atom. The van der Waals surface area contributed by atoms with E-state index in [0.29, 0.717) is 4.88 Å². The van der Waals surface area contributed by atoms with Crippen LogP contribution in [-0.4, -0.2) is 24.0 Å². The summed E-state index contributed by atoms with van der Waals surface area (Å²) >= 11 is 1.32. The fraction of sp³-hybridized carbons (Fsp3) is 0.600. The lowest BCUT2D eigenvalue weighted by Gasteiger charge is -2.22. The van der Waals surface area contributed by atoms with Gasteiger partial charge in [0.25, 0.3) is 5.91 Å². The zero-order chi connectivity index (χ0) is 14.5. The van der Waals surface area contributed by atoms with E-state index in [2.05, 4.69) is 5.32 Å². The molecule has 5 heteroatoms. The van der Waals surface area contributed by atoms with Gasteiger partial charge < -0.3 is 10.1 Å². The number of rotatable bonds is 5. The Labute approximate surface area is 123 Å². The van der Waals surface area contributed by atoms with Crippen molar-refractivity contribution in [2.45, 2.75) is 51.7 Å². The first-order valence-electron chi connectivity index (χ1n) is 7.13. The first kappa shape index (κ1) is 15.0. The standard InChI is InChI=1S/C15H21NO3S/c1-10(2)13(14(17)16-11-6-3-4-7-11)19-15(18)12-8-5-9-20-12/h5,8-11,13H,3-4,6-7H2,1-2H3,(H,16,17). The molecule has 1 aliphatic rings. The quantitative estimate of drug-likeness (QED) is 0.850. The van der Waals surface area contributed by atoms with Gasteiger partial charge in [0.15, 0.2) is 6.10 Å². The van der Waals surface area contributed by atoms with E-state index in [9.17, 15) is 9.59 Å². The first-order valence-corrected chi connectivity index (χ1v) is 8.00. The second kappa shape index (κ2) is 6.88. The summed E-state index contributed by atoms with van der Waals surface area (Å²) in [6, 6.07) is 3.74. The molecule has 0 bridgehead atoms. The van der Waals surface area contributed by atoms with E-state index in [-0.39, 0.29) is 17.9 Å². The Bertz CT molecular complexity index is 450. The van der Waals surface area contributed by atoms with Crippen LogP contribution in [0.1, 0.15) is 49.2 Å². The highest BCUT2D eigenvalue weighted by atomic mass is 32.1. The summed E-state index contributed by atoms with van der Waals surface area (Å²) < 4.78 is 5.39. The highest BCUT2D eigenvalue weighted by molar-refractivity contribution is 7.11. The van der Waals surface area contributed by atoms with E-state index in [4.69, 9.17) is 4.74 Å². The van der Waals surface area contributed by atoms with E-state index in [0.717, 1.165) is 25.7 Å². The van der Waals surface area contributed by atoms with Crippen LogP contribution in [0.15, 0.2) is 17.5 Å². The van der Waals surface area contributed by atoms with Crippen molar-refractivity contribution in [3.63, 3.8) is 0 Å². The van der Waals surface area contributed by atoms with Crippen LogP contribution >= 0.6 is 11.3 Å². The lowest BCUT2D eigenvalue weighted by molar-refractivity contribution is -0.132. The molecule has 1 aliphatic carbocycles. The smallest absolute Gasteiger partial charge is 0.349 e. The van der Waals surface area contributed by atoms with Crippen LogP contribution in [0.25, 0.3) is 0 Å². The van der Waals surface area contributed by atoms with Crippen LogP contribution in [0.3, 0.4) is 0 Å². The van der Waals surface area contributed by atoms with Crippen molar-refractivity contribution in [2.24, 2.45) is 5.92 Å². The van der Waals surface area contributed by atoms with Gasteiger partial charge in [-0.25, -0.2) is 4.79 Å². The molecule has 1 unspecified atom stereocenters. The summed E-state index contributed by atoms with van der Waals surface area (Å²) in [7, 11) is 0. The molecule has 0 aliphatic heterocycles. The van der Waals surface area contributed by atoms with Crippen LogP contribution in [0, 0.1) is 5.92 Å². The molecule has 0 radical (unpaired) electrons. The molecule has 1 atom stereocenters. The van der Waals surface area contributed by atoms with Crippen molar-refractivity contribution in [3.8, 4) is 0 Å². The Morgan fingerprint density at radius 2 is 2.05 bits per heavy atom. The van der Waals surface area contributed by atoms with Gasteiger partial charge in [-0.3, -0.25) is 4.79 Å². The van der Waals surface area contributed by atoms with Crippen LogP contribution < -0.4 is 5.32 Å². The molecule has 0 aromatic carbocycles. The number of hydrogen-bond acceptors (Lipinski definition) is 4. The van der Waals surface area contributed by atoms with Crippen LogP contribution in [0.5, 0.6) is 0 Å². The van der Waals surface area contributed by atoms with Crippen molar-refractivity contribution in [2.75, 3.05) is 0 Å². The number of hydrogen-bond donors (Lipinski definition) is 1. The average Bonchev–Trinajstić information content (AvgIpc) is 3.07. The van der Waals surface area contributed by atoms with Crippen LogP contribution in [-0.2, 0) is 9.53 Å². The Kier molecular flexibility index (Phi) is 5.17. The fourth-order valence-corrected chi connectivity index (χ4v) is 3.02. The lowest BCUT2D eigenvalue weighted by atomic mass is 10.1. The van der Waals surface area contributed by atoms with Crippen molar-refractivity contribution >= 4 is 23.2 Å². The van der Waals surface area contributed by atoms with Gasteiger partial charge in [0.05, 0.1) is 0 Å². The summed E-state index contributed by atoms with van der Waals surface area (Å²) in [6.45, 7) is 3.78. The van der Waals surface area contributed by atoms with Gasteiger partial charge in [-0.15, -0.1) is 11.3 Å². The summed E-state index contributed by atoms with van der Waals surface area (Å²) in [5, 5.41) is 4.82. The van der Waals surface area contributed by atoms with Gasteiger partial charge in [-0.1, -0.05) is 32.8 Å². The predicted octanol–water partition coefficient (Wildman–Crippen LogP) is 2.99. The number of carbonyl (C=O) groups is 2. The molecular weight excluding hydrogens is 274 g/mol. The monoisotopic (exact) mass is 295 g/mol. The van der Waals surface area contributed by atoms with E-state index in [1.165, 1.54) is 11.3 Å². The summed E-state index contributed by atoms with van der Waals surface area (Å²) in [6.07, 6.45) is 3.65. The van der Waals surface area contributed by atoms with Crippen molar-refractivity contribution in [1.82, 2.24) is 5.32 Å². The van der Waals surface area contributed by atoms with E-state index in [1.807, 2.05) is 19.2 Å². The molecule has 1 aromatic heterocycles. The molecule has 1 fully saturated rings. The van der Waals surface area contributed by atoms with Gasteiger partial charge in [-0.2, -0.15) is 0 Å². The highest BCUT2D eigenvalue weighted by Crippen LogP contribution is 2.19. The first-order chi connectivity index (χ1) is 9.58. The minimum absolute atomic E-state index is 0.0414. The van der Waals surface area contributed by atoms with Crippen molar-refractivity contribution in [3.05, 3.63) is 22.4 Å². The molecule has 1 aromatic rings. The third kappa shape index (κ3) is 3.82. The zero-order valence-electron chi connectivity index (χ0n) is 11.9. The van der Waals surface area contributed by atoms with Crippen molar-refractivity contribution in [1.29, 1.82) is 0 Å². The second-order valence-electron chi connectivity index (χ2n) is 5.54. The molecule has 2 rings (SSSR count). The maximum Gasteiger partial charge on any atom is 0.349 e. The lowest BCUT2D eigenvalue weighted by Crippen LogP contribution is -2.44. The average molecular weight is 295 g/mol. The third-order valence-corrected chi connectivity index (χ3v) is 4.37. The maximum absolute atomic E-state index is 12.3. The topological polar surface area (TPSA) is 55.4 Å².